The van der Waals surface area contributed by atoms with Crippen LogP contribution in [0, 0.1) is 6.92 Å². The van der Waals surface area contributed by atoms with E-state index in [2.05, 4.69) is 31.4 Å². The topological polar surface area (TPSA) is 72.8 Å². The quantitative estimate of drug-likeness (QED) is 0.422. The standard InChI is InChI=1S/C22H20BrN3O3/c1-15-3-5-16(6-4-15)14-29-21-12-19(23)18(11-20(21)28-2)13-25-26-22(27)17-7-9-24-10-8-17/h3-13H,14H2,1-2H3,(H,26,27)/b25-13+. The summed E-state index contributed by atoms with van der Waals surface area (Å²) in [6.07, 6.45) is 4.64. The SMILES string of the molecule is COc1cc(/C=N/NC(=O)c2ccncc2)c(Br)cc1OCc1ccc(C)cc1. The van der Waals surface area contributed by atoms with Crippen molar-refractivity contribution in [2.24, 2.45) is 5.10 Å². The minimum absolute atomic E-state index is 0.315. The fourth-order valence-electron chi connectivity index (χ4n) is 2.50. The van der Waals surface area contributed by atoms with Gasteiger partial charge in [-0.25, -0.2) is 5.43 Å². The molecule has 0 spiro atoms. The van der Waals surface area contributed by atoms with Crippen LogP contribution in [0.3, 0.4) is 0 Å². The smallest absolute Gasteiger partial charge is 0.271 e. The Morgan fingerprint density at radius 3 is 2.55 bits per heavy atom. The molecule has 0 saturated carbocycles. The van der Waals surface area contributed by atoms with E-state index in [0.29, 0.717) is 23.7 Å². The Kier molecular flexibility index (Phi) is 6.97. The van der Waals surface area contributed by atoms with Crippen molar-refractivity contribution in [3.8, 4) is 11.5 Å². The second kappa shape index (κ2) is 9.84. The maximum absolute atomic E-state index is 12.0. The first kappa shape index (κ1) is 20.5. The molecule has 0 aliphatic carbocycles. The van der Waals surface area contributed by atoms with Crippen molar-refractivity contribution in [3.63, 3.8) is 0 Å². The van der Waals surface area contributed by atoms with Crippen LogP contribution in [-0.2, 0) is 6.61 Å². The highest BCUT2D eigenvalue weighted by atomic mass is 79.9. The van der Waals surface area contributed by atoms with Gasteiger partial charge in [0.05, 0.1) is 13.3 Å². The molecule has 0 fully saturated rings. The molecule has 0 bridgehead atoms. The van der Waals surface area contributed by atoms with Crippen LogP contribution in [-0.4, -0.2) is 24.2 Å². The number of carbonyl (C=O) groups excluding carboxylic acids is 1. The number of hydrogen-bond acceptors (Lipinski definition) is 5. The van der Waals surface area contributed by atoms with Crippen LogP contribution >= 0.6 is 15.9 Å². The summed E-state index contributed by atoms with van der Waals surface area (Å²) < 4.78 is 12.1. The molecular weight excluding hydrogens is 434 g/mol. The maximum atomic E-state index is 12.0. The molecule has 1 amide bonds. The molecule has 148 valence electrons. The third-order valence-corrected chi connectivity index (χ3v) is 4.80. The van der Waals surface area contributed by atoms with E-state index >= 15 is 0 Å². The Balaban J connectivity index is 1.68. The summed E-state index contributed by atoms with van der Waals surface area (Å²) in [6, 6.07) is 15.0. The summed E-state index contributed by atoms with van der Waals surface area (Å²) in [5.41, 5.74) is 5.97. The van der Waals surface area contributed by atoms with E-state index in [1.54, 1.807) is 37.7 Å². The van der Waals surface area contributed by atoms with Crippen molar-refractivity contribution in [3.05, 3.63) is 87.7 Å². The number of hydrazone groups is 1. The lowest BCUT2D eigenvalue weighted by atomic mass is 10.2. The van der Waals surface area contributed by atoms with E-state index in [1.165, 1.54) is 11.8 Å². The summed E-state index contributed by atoms with van der Waals surface area (Å²) in [5, 5.41) is 4.01. The Morgan fingerprint density at radius 1 is 1.14 bits per heavy atom. The van der Waals surface area contributed by atoms with Gasteiger partial charge in [0.2, 0.25) is 0 Å². The zero-order chi connectivity index (χ0) is 20.6. The Labute approximate surface area is 177 Å². The van der Waals surface area contributed by atoms with E-state index in [9.17, 15) is 4.79 Å². The normalized spacial score (nSPS) is 10.7. The van der Waals surface area contributed by atoms with E-state index in [1.807, 2.05) is 37.3 Å². The van der Waals surface area contributed by atoms with E-state index in [4.69, 9.17) is 9.47 Å². The number of ether oxygens (including phenoxy) is 2. The molecule has 0 aliphatic rings. The van der Waals surface area contributed by atoms with E-state index in [-0.39, 0.29) is 5.91 Å². The van der Waals surface area contributed by atoms with Crippen molar-refractivity contribution in [1.29, 1.82) is 0 Å². The van der Waals surface area contributed by atoms with Gasteiger partial charge in [0.15, 0.2) is 11.5 Å². The zero-order valence-electron chi connectivity index (χ0n) is 16.1. The van der Waals surface area contributed by atoms with Gasteiger partial charge < -0.3 is 9.47 Å². The van der Waals surface area contributed by atoms with E-state index < -0.39 is 0 Å². The summed E-state index contributed by atoms with van der Waals surface area (Å²) in [7, 11) is 1.58. The first-order chi connectivity index (χ1) is 14.1. The number of methoxy groups -OCH3 is 1. The van der Waals surface area contributed by atoms with Crippen LogP contribution in [0.1, 0.15) is 27.0 Å². The number of pyridine rings is 1. The number of aromatic nitrogens is 1. The number of rotatable bonds is 7. The third-order valence-electron chi connectivity index (χ3n) is 4.11. The predicted octanol–water partition coefficient (Wildman–Crippen LogP) is 4.50. The second-order valence-electron chi connectivity index (χ2n) is 6.23. The van der Waals surface area contributed by atoms with Crippen LogP contribution in [0.4, 0.5) is 0 Å². The molecule has 29 heavy (non-hydrogen) atoms. The largest absolute Gasteiger partial charge is 0.493 e. The van der Waals surface area contributed by atoms with Gasteiger partial charge in [0, 0.05) is 28.0 Å². The fraction of sp³-hybridized carbons (Fsp3) is 0.136. The number of halogens is 1. The van der Waals surface area contributed by atoms with Gasteiger partial charge in [-0.05, 0) is 52.7 Å². The summed E-state index contributed by atoms with van der Waals surface area (Å²) in [6.45, 7) is 2.48. The molecular formula is C22H20BrN3O3. The van der Waals surface area contributed by atoms with Gasteiger partial charge >= 0.3 is 0 Å². The number of nitrogens with one attached hydrogen (secondary N) is 1. The highest BCUT2D eigenvalue weighted by Crippen LogP contribution is 2.33. The highest BCUT2D eigenvalue weighted by Gasteiger charge is 2.10. The summed E-state index contributed by atoms with van der Waals surface area (Å²) >= 11 is 3.51. The van der Waals surface area contributed by atoms with Gasteiger partial charge in [-0.2, -0.15) is 5.10 Å². The number of carbonyl (C=O) groups is 1. The number of nitrogens with zero attached hydrogens (tertiary/aromatic N) is 2. The van der Waals surface area contributed by atoms with Crippen molar-refractivity contribution in [2.45, 2.75) is 13.5 Å². The third kappa shape index (κ3) is 5.65. The molecule has 0 saturated heterocycles. The average molecular weight is 454 g/mol. The van der Waals surface area contributed by atoms with E-state index in [0.717, 1.165) is 15.6 Å². The monoisotopic (exact) mass is 453 g/mol. The van der Waals surface area contributed by atoms with Crippen LogP contribution in [0.2, 0.25) is 0 Å². The minimum Gasteiger partial charge on any atom is -0.493 e. The van der Waals surface area contributed by atoms with Crippen LogP contribution in [0.15, 0.2) is 70.5 Å². The van der Waals surface area contributed by atoms with Gasteiger partial charge in [-0.15, -0.1) is 0 Å². The predicted molar refractivity (Wildman–Crippen MR) is 116 cm³/mol. The van der Waals surface area contributed by atoms with Crippen LogP contribution < -0.4 is 14.9 Å². The van der Waals surface area contributed by atoms with Crippen molar-refractivity contribution >= 4 is 28.1 Å². The molecule has 1 heterocycles. The highest BCUT2D eigenvalue weighted by molar-refractivity contribution is 9.10. The minimum atomic E-state index is -0.315. The number of aryl methyl sites for hydroxylation is 1. The lowest BCUT2D eigenvalue weighted by molar-refractivity contribution is 0.0955. The molecule has 0 atom stereocenters. The molecule has 6 nitrogen and oxygen atoms in total. The van der Waals surface area contributed by atoms with Gasteiger partial charge in [0.1, 0.15) is 6.61 Å². The number of benzene rings is 2. The van der Waals surface area contributed by atoms with Crippen molar-refractivity contribution in [1.82, 2.24) is 10.4 Å². The second-order valence-corrected chi connectivity index (χ2v) is 7.09. The fourth-order valence-corrected chi connectivity index (χ4v) is 2.92. The molecule has 0 aliphatic heterocycles. The molecule has 0 radical (unpaired) electrons. The molecule has 0 unspecified atom stereocenters. The molecule has 3 rings (SSSR count). The van der Waals surface area contributed by atoms with Gasteiger partial charge in [-0.1, -0.05) is 29.8 Å². The molecule has 1 N–H and O–H groups in total. The van der Waals surface area contributed by atoms with Crippen molar-refractivity contribution < 1.29 is 14.3 Å². The van der Waals surface area contributed by atoms with Crippen molar-refractivity contribution in [2.75, 3.05) is 7.11 Å². The lowest BCUT2D eigenvalue weighted by Crippen LogP contribution is -2.17. The summed E-state index contributed by atoms with van der Waals surface area (Å²) in [4.78, 5) is 15.9. The Bertz CT molecular complexity index is 1010. The number of amides is 1. The molecule has 1 aromatic heterocycles. The van der Waals surface area contributed by atoms with Crippen LogP contribution in [0.5, 0.6) is 11.5 Å². The Morgan fingerprint density at radius 2 is 1.86 bits per heavy atom. The summed E-state index contributed by atoms with van der Waals surface area (Å²) in [5.74, 6) is 0.866. The first-order valence-corrected chi connectivity index (χ1v) is 9.65. The van der Waals surface area contributed by atoms with Crippen LogP contribution in [0.25, 0.3) is 0 Å². The maximum Gasteiger partial charge on any atom is 0.271 e. The molecule has 7 heteroatoms. The Hall–Kier alpha value is -3.19. The molecule has 2 aromatic carbocycles. The first-order valence-electron chi connectivity index (χ1n) is 8.86. The lowest BCUT2D eigenvalue weighted by Gasteiger charge is -2.13. The van der Waals surface area contributed by atoms with Gasteiger partial charge in [-0.3, -0.25) is 9.78 Å². The molecule has 3 aromatic rings. The van der Waals surface area contributed by atoms with Gasteiger partial charge in [0.25, 0.3) is 5.91 Å². The average Bonchev–Trinajstić information content (AvgIpc) is 2.75. The zero-order valence-corrected chi connectivity index (χ0v) is 17.6. The number of hydrogen-bond donors (Lipinski definition) is 1.